The maximum Gasteiger partial charge on any atom is 0.245 e. The second-order valence-corrected chi connectivity index (χ2v) is 6.43. The van der Waals surface area contributed by atoms with Crippen LogP contribution in [0.25, 0.3) is 0 Å². The Morgan fingerprint density at radius 3 is 2.68 bits per heavy atom. The first-order valence-corrected chi connectivity index (χ1v) is 8.89. The van der Waals surface area contributed by atoms with Crippen molar-refractivity contribution >= 4 is 12.1 Å². The van der Waals surface area contributed by atoms with E-state index in [0.29, 0.717) is 31.1 Å². The van der Waals surface area contributed by atoms with E-state index in [1.54, 1.807) is 31.3 Å². The van der Waals surface area contributed by atoms with Gasteiger partial charge < -0.3 is 14.2 Å². The average Bonchev–Trinajstić information content (AvgIpc) is 3.13. The molecule has 0 unspecified atom stereocenters. The van der Waals surface area contributed by atoms with Gasteiger partial charge in [0.15, 0.2) is 5.79 Å². The Balaban J connectivity index is 1.48. The third-order valence-corrected chi connectivity index (χ3v) is 4.19. The van der Waals surface area contributed by atoms with Crippen molar-refractivity contribution in [2.75, 3.05) is 13.2 Å². The molecule has 0 saturated carbocycles. The van der Waals surface area contributed by atoms with Crippen LogP contribution in [0.4, 0.5) is 0 Å². The van der Waals surface area contributed by atoms with Crippen LogP contribution in [-0.2, 0) is 20.9 Å². The van der Waals surface area contributed by atoms with E-state index in [9.17, 15) is 4.79 Å². The summed E-state index contributed by atoms with van der Waals surface area (Å²) >= 11 is 0. The molecule has 1 N–H and O–H groups in total. The molecular weight excluding hydrogens is 358 g/mol. The van der Waals surface area contributed by atoms with E-state index in [0.717, 1.165) is 11.1 Å². The van der Waals surface area contributed by atoms with Gasteiger partial charge in [-0.2, -0.15) is 10.4 Å². The Morgan fingerprint density at radius 2 is 1.96 bits per heavy atom. The number of nitriles is 1. The van der Waals surface area contributed by atoms with E-state index < -0.39 is 5.79 Å². The molecule has 2 aromatic carbocycles. The predicted molar refractivity (Wildman–Crippen MR) is 103 cm³/mol. The number of hydrazone groups is 1. The Labute approximate surface area is 163 Å². The lowest BCUT2D eigenvalue weighted by Gasteiger charge is -2.20. The summed E-state index contributed by atoms with van der Waals surface area (Å²) in [5.41, 5.74) is 4.71. The lowest BCUT2D eigenvalue weighted by atomic mass is 10.1. The monoisotopic (exact) mass is 379 g/mol. The van der Waals surface area contributed by atoms with Gasteiger partial charge in [-0.3, -0.25) is 4.79 Å². The van der Waals surface area contributed by atoms with E-state index in [4.69, 9.17) is 19.5 Å². The van der Waals surface area contributed by atoms with Crippen molar-refractivity contribution in [3.8, 4) is 11.8 Å². The van der Waals surface area contributed by atoms with Gasteiger partial charge in [-0.25, -0.2) is 5.43 Å². The summed E-state index contributed by atoms with van der Waals surface area (Å²) in [5, 5.41) is 13.1. The molecule has 0 bridgehead atoms. The van der Waals surface area contributed by atoms with Crippen LogP contribution in [0, 0.1) is 11.3 Å². The molecule has 0 aromatic heterocycles. The van der Waals surface area contributed by atoms with Crippen molar-refractivity contribution in [1.82, 2.24) is 5.43 Å². The van der Waals surface area contributed by atoms with Crippen molar-refractivity contribution in [2.24, 2.45) is 5.10 Å². The number of amides is 1. The summed E-state index contributed by atoms with van der Waals surface area (Å²) in [6.07, 6.45) is 1.63. The zero-order valence-corrected chi connectivity index (χ0v) is 15.6. The number of nitrogens with zero attached hydrogens (tertiary/aromatic N) is 2. The summed E-state index contributed by atoms with van der Waals surface area (Å²) in [4.78, 5) is 11.9. The van der Waals surface area contributed by atoms with Crippen LogP contribution in [0.15, 0.2) is 53.6 Å². The summed E-state index contributed by atoms with van der Waals surface area (Å²) in [6.45, 7) is 3.03. The van der Waals surface area contributed by atoms with E-state index >= 15 is 0 Å². The van der Waals surface area contributed by atoms with Crippen molar-refractivity contribution < 1.29 is 19.0 Å². The SMILES string of the molecule is CC1(CC(=O)N/N=C\c2ccc(OCc3ccccc3C#N)cc2)OCCO1. The molecule has 1 saturated heterocycles. The van der Waals surface area contributed by atoms with Gasteiger partial charge in [0, 0.05) is 5.56 Å². The molecule has 0 atom stereocenters. The molecule has 1 amide bonds. The fourth-order valence-electron chi connectivity index (χ4n) is 2.74. The van der Waals surface area contributed by atoms with E-state index in [2.05, 4.69) is 16.6 Å². The number of nitrogens with one attached hydrogen (secondary N) is 1. The third kappa shape index (κ3) is 5.39. The quantitative estimate of drug-likeness (QED) is 0.590. The fourth-order valence-corrected chi connectivity index (χ4v) is 2.74. The van der Waals surface area contributed by atoms with Gasteiger partial charge in [-0.1, -0.05) is 18.2 Å². The number of rotatable bonds is 7. The topological polar surface area (TPSA) is 92.9 Å². The highest BCUT2D eigenvalue weighted by molar-refractivity contribution is 5.82. The molecule has 1 heterocycles. The molecule has 7 nitrogen and oxygen atoms in total. The molecule has 1 aliphatic rings. The number of carbonyl (C=O) groups is 1. The van der Waals surface area contributed by atoms with Crippen LogP contribution in [0.3, 0.4) is 0 Å². The average molecular weight is 379 g/mol. The number of hydrogen-bond acceptors (Lipinski definition) is 6. The molecule has 1 fully saturated rings. The first-order chi connectivity index (χ1) is 13.6. The minimum atomic E-state index is -0.872. The molecule has 0 radical (unpaired) electrons. The Hall–Kier alpha value is -3.21. The van der Waals surface area contributed by atoms with Crippen molar-refractivity contribution in [2.45, 2.75) is 25.7 Å². The van der Waals surface area contributed by atoms with Crippen LogP contribution >= 0.6 is 0 Å². The molecule has 0 aliphatic carbocycles. The molecule has 144 valence electrons. The van der Waals surface area contributed by atoms with E-state index in [1.165, 1.54) is 0 Å². The van der Waals surface area contributed by atoms with Gasteiger partial charge in [0.05, 0.1) is 37.5 Å². The first-order valence-electron chi connectivity index (χ1n) is 8.89. The molecule has 3 rings (SSSR count). The second-order valence-electron chi connectivity index (χ2n) is 6.43. The second kappa shape index (κ2) is 9.13. The van der Waals surface area contributed by atoms with E-state index in [-0.39, 0.29) is 12.3 Å². The molecule has 7 heteroatoms. The Kier molecular flexibility index (Phi) is 6.37. The largest absolute Gasteiger partial charge is 0.489 e. The summed E-state index contributed by atoms with van der Waals surface area (Å²) < 4.78 is 16.5. The van der Waals surface area contributed by atoms with Gasteiger partial charge in [0.1, 0.15) is 12.4 Å². The smallest absolute Gasteiger partial charge is 0.245 e. The Morgan fingerprint density at radius 1 is 1.25 bits per heavy atom. The lowest BCUT2D eigenvalue weighted by molar-refractivity contribution is -0.159. The number of benzene rings is 2. The number of carbonyl (C=O) groups excluding carboxylic acids is 1. The fraction of sp³-hybridized carbons (Fsp3) is 0.286. The van der Waals surface area contributed by atoms with Gasteiger partial charge in [0.25, 0.3) is 0 Å². The van der Waals surface area contributed by atoms with Crippen molar-refractivity contribution in [3.05, 3.63) is 65.2 Å². The predicted octanol–water partition coefficient (Wildman–Crippen LogP) is 2.74. The first kappa shape index (κ1) is 19.5. The van der Waals surface area contributed by atoms with Crippen LogP contribution in [-0.4, -0.2) is 31.1 Å². The minimum Gasteiger partial charge on any atom is -0.489 e. The van der Waals surface area contributed by atoms with E-state index in [1.807, 2.05) is 30.3 Å². The molecule has 28 heavy (non-hydrogen) atoms. The summed E-state index contributed by atoms with van der Waals surface area (Å²) in [6, 6.07) is 16.7. The third-order valence-electron chi connectivity index (χ3n) is 4.19. The van der Waals surface area contributed by atoms with Gasteiger partial charge >= 0.3 is 0 Å². The van der Waals surface area contributed by atoms with Crippen LogP contribution in [0.5, 0.6) is 5.75 Å². The lowest BCUT2D eigenvalue weighted by Crippen LogP contribution is -2.33. The van der Waals surface area contributed by atoms with Crippen LogP contribution < -0.4 is 10.2 Å². The maximum atomic E-state index is 11.9. The highest BCUT2D eigenvalue weighted by Gasteiger charge is 2.33. The molecule has 0 spiro atoms. The van der Waals surface area contributed by atoms with Gasteiger partial charge in [-0.15, -0.1) is 0 Å². The van der Waals surface area contributed by atoms with Crippen molar-refractivity contribution in [3.63, 3.8) is 0 Å². The molecule has 2 aromatic rings. The maximum absolute atomic E-state index is 11.9. The highest BCUT2D eigenvalue weighted by Crippen LogP contribution is 2.22. The van der Waals surface area contributed by atoms with Crippen LogP contribution in [0.2, 0.25) is 0 Å². The molecule has 1 aliphatic heterocycles. The number of hydrogen-bond donors (Lipinski definition) is 1. The normalized spacial score (nSPS) is 15.3. The summed E-state index contributed by atoms with van der Waals surface area (Å²) in [5.74, 6) is -0.475. The standard InChI is InChI=1S/C21H21N3O4/c1-21(27-10-11-28-21)12-20(25)24-23-14-16-6-8-19(9-7-16)26-15-18-5-3-2-4-17(18)13-22/h2-9,14H,10-12,15H2,1H3,(H,24,25)/b23-14-. The highest BCUT2D eigenvalue weighted by atomic mass is 16.7. The van der Waals surface area contributed by atoms with Gasteiger partial charge in [-0.05, 0) is 42.8 Å². The zero-order valence-electron chi connectivity index (χ0n) is 15.6. The summed E-state index contributed by atoms with van der Waals surface area (Å²) in [7, 11) is 0. The van der Waals surface area contributed by atoms with Gasteiger partial charge in [0.2, 0.25) is 5.91 Å². The van der Waals surface area contributed by atoms with Crippen molar-refractivity contribution in [1.29, 1.82) is 5.26 Å². The zero-order chi connectivity index (χ0) is 19.8. The Bertz CT molecular complexity index is 881. The minimum absolute atomic E-state index is 0.0846. The number of ether oxygens (including phenoxy) is 3. The molecular formula is C21H21N3O4. The van der Waals surface area contributed by atoms with Crippen LogP contribution in [0.1, 0.15) is 30.0 Å².